The number of amides is 1. The van der Waals surface area contributed by atoms with Crippen molar-refractivity contribution >= 4 is 39.2 Å². The van der Waals surface area contributed by atoms with Gasteiger partial charge in [0, 0.05) is 23.9 Å². The molecule has 152 valence electrons. The number of nitrogens with zero attached hydrogens (tertiary/aromatic N) is 1. The summed E-state index contributed by atoms with van der Waals surface area (Å²) in [6.45, 7) is 8.35. The zero-order chi connectivity index (χ0) is 20.6. The molecule has 1 aliphatic heterocycles. The lowest BCUT2D eigenvalue weighted by Crippen LogP contribution is -2.56. The normalized spacial score (nSPS) is 22.6. The maximum atomic E-state index is 12.9. The first-order chi connectivity index (χ1) is 12.3. The fourth-order valence-corrected chi connectivity index (χ4v) is 4.70. The van der Waals surface area contributed by atoms with Crippen molar-refractivity contribution in [3.63, 3.8) is 0 Å². The number of halogens is 2. The average molecular weight is 436 g/mol. The number of likely N-dealkylation sites (tertiary alicyclic amines) is 1. The molecule has 0 bridgehead atoms. The topological polar surface area (TPSA) is 63.7 Å². The predicted molar refractivity (Wildman–Crippen MR) is 109 cm³/mol. The van der Waals surface area contributed by atoms with Crippen LogP contribution in [0.2, 0.25) is 10.0 Å². The summed E-state index contributed by atoms with van der Waals surface area (Å²) < 4.78 is 29.0. The Morgan fingerprint density at radius 2 is 1.89 bits per heavy atom. The minimum absolute atomic E-state index is 0.0261. The van der Waals surface area contributed by atoms with E-state index in [1.165, 1.54) is 0 Å². The van der Waals surface area contributed by atoms with Gasteiger partial charge in [0.2, 0.25) is 5.91 Å². The van der Waals surface area contributed by atoms with Gasteiger partial charge in [-0.1, -0.05) is 50.0 Å². The summed E-state index contributed by atoms with van der Waals surface area (Å²) in [7, 11) is -3.67. The number of benzene rings is 1. The first kappa shape index (κ1) is 22.5. The van der Waals surface area contributed by atoms with Gasteiger partial charge in [0.25, 0.3) is 10.1 Å². The summed E-state index contributed by atoms with van der Waals surface area (Å²) in [6.07, 6.45) is 1.78. The molecule has 1 saturated heterocycles. The quantitative estimate of drug-likeness (QED) is 0.662. The lowest BCUT2D eigenvalue weighted by Gasteiger charge is -2.47. The summed E-state index contributed by atoms with van der Waals surface area (Å²) in [5.41, 5.74) is -0.405. The molecular weight excluding hydrogens is 409 g/mol. The van der Waals surface area contributed by atoms with Crippen molar-refractivity contribution in [2.75, 3.05) is 19.3 Å². The summed E-state index contributed by atoms with van der Waals surface area (Å²) in [4.78, 5) is 14.7. The first-order valence-electron chi connectivity index (χ1n) is 8.89. The van der Waals surface area contributed by atoms with Gasteiger partial charge < -0.3 is 4.90 Å². The molecular formula is C19H27Cl2NO4S. The third-order valence-electron chi connectivity index (χ3n) is 5.04. The van der Waals surface area contributed by atoms with Gasteiger partial charge in [0.15, 0.2) is 0 Å². The summed E-state index contributed by atoms with van der Waals surface area (Å²) in [5.74, 6) is 0.0261. The van der Waals surface area contributed by atoms with Crippen molar-refractivity contribution in [1.82, 2.24) is 4.90 Å². The van der Waals surface area contributed by atoms with Gasteiger partial charge >= 0.3 is 0 Å². The Morgan fingerprint density at radius 1 is 1.26 bits per heavy atom. The molecule has 0 aromatic heterocycles. The zero-order valence-corrected chi connectivity index (χ0v) is 18.7. The van der Waals surface area contributed by atoms with Crippen molar-refractivity contribution in [3.05, 3.63) is 33.8 Å². The molecule has 2 unspecified atom stereocenters. The van der Waals surface area contributed by atoms with Crippen LogP contribution in [0.1, 0.15) is 46.1 Å². The summed E-state index contributed by atoms with van der Waals surface area (Å²) >= 11 is 12.3. The van der Waals surface area contributed by atoms with Crippen LogP contribution in [0, 0.1) is 5.41 Å². The molecule has 1 heterocycles. The molecule has 27 heavy (non-hydrogen) atoms. The van der Waals surface area contributed by atoms with E-state index in [9.17, 15) is 13.2 Å². The van der Waals surface area contributed by atoms with E-state index in [4.69, 9.17) is 27.4 Å². The second-order valence-electron chi connectivity index (χ2n) is 8.31. The van der Waals surface area contributed by atoms with Gasteiger partial charge in [0.1, 0.15) is 0 Å². The maximum Gasteiger partial charge on any atom is 0.264 e. The third kappa shape index (κ3) is 5.17. The number of piperidine rings is 1. The van der Waals surface area contributed by atoms with Crippen LogP contribution in [0.5, 0.6) is 0 Å². The van der Waals surface area contributed by atoms with Crippen LogP contribution in [0.4, 0.5) is 0 Å². The molecule has 0 aliphatic carbocycles. The van der Waals surface area contributed by atoms with Crippen LogP contribution in [0.3, 0.4) is 0 Å². The van der Waals surface area contributed by atoms with Gasteiger partial charge in [-0.25, -0.2) is 0 Å². The molecule has 0 saturated carbocycles. The number of hydrogen-bond acceptors (Lipinski definition) is 4. The van der Waals surface area contributed by atoms with E-state index in [0.717, 1.165) is 18.2 Å². The molecule has 0 N–H and O–H groups in total. The van der Waals surface area contributed by atoms with Gasteiger partial charge in [-0.15, -0.1) is 0 Å². The van der Waals surface area contributed by atoms with Crippen molar-refractivity contribution in [3.8, 4) is 0 Å². The van der Waals surface area contributed by atoms with Gasteiger partial charge in [-0.3, -0.25) is 8.98 Å². The molecule has 1 aromatic carbocycles. The van der Waals surface area contributed by atoms with E-state index >= 15 is 0 Å². The monoisotopic (exact) mass is 435 g/mol. The second kappa shape index (κ2) is 7.90. The molecule has 5 nitrogen and oxygen atoms in total. The number of carbonyl (C=O) groups is 1. The van der Waals surface area contributed by atoms with Crippen LogP contribution in [0.25, 0.3) is 0 Å². The molecule has 1 amide bonds. The Bertz CT molecular complexity index is 819. The smallest absolute Gasteiger partial charge is 0.264 e. The largest absolute Gasteiger partial charge is 0.341 e. The predicted octanol–water partition coefficient (Wildman–Crippen LogP) is 4.26. The minimum Gasteiger partial charge on any atom is -0.341 e. The highest BCUT2D eigenvalue weighted by Crippen LogP contribution is 2.42. The SMILES string of the molecule is CC(OS(C)(=O)=O)C1(c2ccc(Cl)c(Cl)c2)CCCN(C(=O)C(C)(C)C)C1. The summed E-state index contributed by atoms with van der Waals surface area (Å²) in [6, 6.07) is 5.27. The maximum absolute atomic E-state index is 12.9. The molecule has 0 radical (unpaired) electrons. The molecule has 1 aliphatic rings. The number of carbonyl (C=O) groups excluding carboxylic acids is 1. The molecule has 1 fully saturated rings. The van der Waals surface area contributed by atoms with E-state index in [0.29, 0.717) is 29.6 Å². The molecule has 0 spiro atoms. The van der Waals surface area contributed by atoms with Crippen LogP contribution in [0.15, 0.2) is 18.2 Å². The van der Waals surface area contributed by atoms with Gasteiger partial charge in [-0.2, -0.15) is 8.42 Å². The number of rotatable bonds is 4. The standard InChI is InChI=1S/C19H27Cl2NO4S/c1-13(26-27(5,24)25)19(14-7-8-15(20)16(21)11-14)9-6-10-22(12-19)17(23)18(2,3)4/h7-8,11,13H,6,9-10,12H2,1-5H3. The average Bonchev–Trinajstić information content (AvgIpc) is 2.54. The van der Waals surface area contributed by atoms with Crippen LogP contribution in [-0.2, 0) is 24.5 Å². The highest BCUT2D eigenvalue weighted by atomic mass is 35.5. The van der Waals surface area contributed by atoms with E-state index in [1.54, 1.807) is 24.0 Å². The van der Waals surface area contributed by atoms with Crippen molar-refractivity contribution < 1.29 is 17.4 Å². The number of hydrogen-bond donors (Lipinski definition) is 0. The van der Waals surface area contributed by atoms with Gasteiger partial charge in [-0.05, 0) is 37.5 Å². The Labute approximate surface area is 172 Å². The lowest BCUT2D eigenvalue weighted by atomic mass is 9.70. The van der Waals surface area contributed by atoms with E-state index < -0.39 is 27.1 Å². The Morgan fingerprint density at radius 3 is 2.41 bits per heavy atom. The van der Waals surface area contributed by atoms with E-state index in [2.05, 4.69) is 0 Å². The molecule has 1 aromatic rings. The third-order valence-corrected chi connectivity index (χ3v) is 6.42. The Hall–Kier alpha value is -0.820. The molecule has 2 atom stereocenters. The minimum atomic E-state index is -3.67. The van der Waals surface area contributed by atoms with Crippen LogP contribution in [-0.4, -0.2) is 44.7 Å². The summed E-state index contributed by atoms with van der Waals surface area (Å²) in [5, 5.41) is 0.810. The first-order valence-corrected chi connectivity index (χ1v) is 11.5. The Balaban J connectivity index is 2.52. The van der Waals surface area contributed by atoms with Crippen LogP contribution >= 0.6 is 23.2 Å². The van der Waals surface area contributed by atoms with Crippen molar-refractivity contribution in [1.29, 1.82) is 0 Å². The molecule has 2 rings (SSSR count). The fourth-order valence-electron chi connectivity index (χ4n) is 3.69. The van der Waals surface area contributed by atoms with Crippen molar-refractivity contribution in [2.45, 2.75) is 52.1 Å². The second-order valence-corrected chi connectivity index (χ2v) is 10.7. The highest BCUT2D eigenvalue weighted by Gasteiger charge is 2.46. The van der Waals surface area contributed by atoms with Gasteiger partial charge in [0.05, 0.1) is 22.4 Å². The lowest BCUT2D eigenvalue weighted by molar-refractivity contribution is -0.142. The van der Waals surface area contributed by atoms with Crippen molar-refractivity contribution in [2.24, 2.45) is 5.41 Å². The van der Waals surface area contributed by atoms with Crippen LogP contribution < -0.4 is 0 Å². The Kier molecular flexibility index (Phi) is 6.57. The van der Waals surface area contributed by atoms with E-state index in [-0.39, 0.29) is 5.91 Å². The van der Waals surface area contributed by atoms with E-state index in [1.807, 2.05) is 26.8 Å². The highest BCUT2D eigenvalue weighted by molar-refractivity contribution is 7.86. The zero-order valence-electron chi connectivity index (χ0n) is 16.4. The molecule has 8 heteroatoms. The fraction of sp³-hybridized carbons (Fsp3) is 0.632.